The van der Waals surface area contributed by atoms with Crippen LogP contribution in [-0.2, 0) is 0 Å². The van der Waals surface area contributed by atoms with Crippen molar-refractivity contribution in [1.82, 2.24) is 4.98 Å². The number of anilines is 1. The summed E-state index contributed by atoms with van der Waals surface area (Å²) in [4.78, 5) is 28.5. The molecule has 1 amide bonds. The van der Waals surface area contributed by atoms with Crippen LogP contribution >= 0.6 is 11.3 Å². The molecular formula is C19H16N2O3S. The molecule has 1 aromatic heterocycles. The molecule has 126 valence electrons. The molecule has 1 heterocycles. The van der Waals surface area contributed by atoms with Gasteiger partial charge in [-0.05, 0) is 43.3 Å². The van der Waals surface area contributed by atoms with Gasteiger partial charge >= 0.3 is 0 Å². The predicted octanol–water partition coefficient (Wildman–Crippen LogP) is 4.70. The Kier molecular flexibility index (Phi) is 4.90. The highest BCUT2D eigenvalue weighted by Gasteiger charge is 2.14. The molecule has 25 heavy (non-hydrogen) atoms. The summed E-state index contributed by atoms with van der Waals surface area (Å²) in [6.45, 7) is 3.23. The highest BCUT2D eigenvalue weighted by molar-refractivity contribution is 7.17. The van der Waals surface area contributed by atoms with Crippen LogP contribution in [0.5, 0.6) is 11.5 Å². The molecule has 1 N–H and O–H groups in total. The summed E-state index contributed by atoms with van der Waals surface area (Å²) in [7, 11) is 0. The van der Waals surface area contributed by atoms with Crippen LogP contribution in [-0.4, -0.2) is 16.7 Å². The van der Waals surface area contributed by atoms with Crippen molar-refractivity contribution in [2.24, 2.45) is 0 Å². The fourth-order valence-electron chi connectivity index (χ4n) is 2.24. The number of rotatable bonds is 5. The monoisotopic (exact) mass is 352 g/mol. The van der Waals surface area contributed by atoms with E-state index >= 15 is 0 Å². The van der Waals surface area contributed by atoms with Gasteiger partial charge in [-0.25, -0.2) is 4.98 Å². The topological polar surface area (TPSA) is 68.3 Å². The normalized spacial score (nSPS) is 10.3. The molecule has 2 aromatic carbocycles. The zero-order valence-electron chi connectivity index (χ0n) is 13.8. The number of para-hydroxylation sites is 1. The number of ketones is 1. The van der Waals surface area contributed by atoms with Gasteiger partial charge in [0.25, 0.3) is 5.91 Å². The number of nitrogens with zero attached hydrogens (tertiary/aromatic N) is 1. The van der Waals surface area contributed by atoms with Crippen LogP contribution < -0.4 is 10.1 Å². The number of carbonyl (C=O) groups is 2. The third kappa shape index (κ3) is 4.10. The maximum atomic E-state index is 12.3. The predicted molar refractivity (Wildman–Crippen MR) is 97.8 cm³/mol. The number of ether oxygens (including phenoxy) is 1. The molecule has 3 aromatic rings. The van der Waals surface area contributed by atoms with Crippen LogP contribution in [0.15, 0.2) is 54.6 Å². The first kappa shape index (κ1) is 16.9. The standard InChI is InChI=1S/C19H16N2O3S/c1-12-17(13(2)22)25-19(20-12)21-18(23)14-8-10-16(11-9-14)24-15-6-4-3-5-7-15/h3-11H,1-2H3,(H,20,21,23). The summed E-state index contributed by atoms with van der Waals surface area (Å²) in [5, 5.41) is 3.13. The molecule has 0 aliphatic rings. The number of benzene rings is 2. The lowest BCUT2D eigenvalue weighted by Crippen LogP contribution is -2.11. The second-order valence-electron chi connectivity index (χ2n) is 5.38. The summed E-state index contributed by atoms with van der Waals surface area (Å²) in [6.07, 6.45) is 0. The largest absolute Gasteiger partial charge is 0.457 e. The summed E-state index contributed by atoms with van der Waals surface area (Å²) in [5.41, 5.74) is 1.11. The van der Waals surface area contributed by atoms with E-state index in [0.29, 0.717) is 27.0 Å². The van der Waals surface area contributed by atoms with E-state index in [4.69, 9.17) is 4.74 Å². The molecule has 6 heteroatoms. The van der Waals surface area contributed by atoms with Gasteiger partial charge in [0.05, 0.1) is 10.6 Å². The Morgan fingerprint density at radius 3 is 2.24 bits per heavy atom. The van der Waals surface area contributed by atoms with Gasteiger partial charge in [-0.2, -0.15) is 0 Å². The summed E-state index contributed by atoms with van der Waals surface area (Å²) in [5.74, 6) is 1.04. The lowest BCUT2D eigenvalue weighted by molar-refractivity contribution is 0.101. The minimum atomic E-state index is -0.282. The first-order valence-electron chi connectivity index (χ1n) is 7.65. The van der Waals surface area contributed by atoms with E-state index in [2.05, 4.69) is 10.3 Å². The van der Waals surface area contributed by atoms with Crippen molar-refractivity contribution in [2.75, 3.05) is 5.32 Å². The molecule has 0 fully saturated rings. The third-order valence-corrected chi connectivity index (χ3v) is 4.61. The number of nitrogens with one attached hydrogen (secondary N) is 1. The van der Waals surface area contributed by atoms with Gasteiger partial charge in [0.2, 0.25) is 0 Å². The molecule has 0 atom stereocenters. The lowest BCUT2D eigenvalue weighted by atomic mass is 10.2. The molecule has 0 aliphatic heterocycles. The molecule has 0 spiro atoms. The fraction of sp³-hybridized carbons (Fsp3) is 0.105. The van der Waals surface area contributed by atoms with Gasteiger partial charge in [0.1, 0.15) is 11.5 Å². The zero-order chi connectivity index (χ0) is 17.8. The van der Waals surface area contributed by atoms with Crippen molar-refractivity contribution in [3.63, 3.8) is 0 Å². The van der Waals surface area contributed by atoms with E-state index < -0.39 is 0 Å². The Hall–Kier alpha value is -2.99. The van der Waals surface area contributed by atoms with Crippen molar-refractivity contribution in [1.29, 1.82) is 0 Å². The molecule has 0 unspecified atom stereocenters. The highest BCUT2D eigenvalue weighted by Crippen LogP contribution is 2.24. The van der Waals surface area contributed by atoms with E-state index in [1.54, 1.807) is 31.2 Å². The van der Waals surface area contributed by atoms with Gasteiger partial charge < -0.3 is 4.74 Å². The number of aryl methyl sites for hydroxylation is 1. The van der Waals surface area contributed by atoms with E-state index in [0.717, 1.165) is 5.75 Å². The average Bonchev–Trinajstić information content (AvgIpc) is 2.97. The van der Waals surface area contributed by atoms with Crippen LogP contribution in [0.2, 0.25) is 0 Å². The number of hydrogen-bond acceptors (Lipinski definition) is 5. The van der Waals surface area contributed by atoms with Gasteiger partial charge in [-0.15, -0.1) is 0 Å². The molecule has 5 nitrogen and oxygen atoms in total. The molecule has 0 bridgehead atoms. The number of carbonyl (C=O) groups excluding carboxylic acids is 2. The number of Topliss-reactive ketones (excluding diaryl/α,β-unsaturated/α-hetero) is 1. The quantitative estimate of drug-likeness (QED) is 0.676. The molecule has 0 saturated carbocycles. The average molecular weight is 352 g/mol. The lowest BCUT2D eigenvalue weighted by Gasteiger charge is -2.06. The molecule has 0 radical (unpaired) electrons. The van der Waals surface area contributed by atoms with Gasteiger partial charge in [-0.1, -0.05) is 29.5 Å². The van der Waals surface area contributed by atoms with Crippen LogP contribution in [0.3, 0.4) is 0 Å². The first-order valence-corrected chi connectivity index (χ1v) is 8.47. The number of aromatic nitrogens is 1. The van der Waals surface area contributed by atoms with Gasteiger partial charge in [0.15, 0.2) is 10.9 Å². The maximum absolute atomic E-state index is 12.3. The molecule has 0 saturated heterocycles. The van der Waals surface area contributed by atoms with Crippen LogP contribution in [0.25, 0.3) is 0 Å². The SMILES string of the molecule is CC(=O)c1sc(NC(=O)c2ccc(Oc3ccccc3)cc2)nc1C. The summed E-state index contributed by atoms with van der Waals surface area (Å²) < 4.78 is 5.70. The van der Waals surface area contributed by atoms with Crippen molar-refractivity contribution >= 4 is 28.2 Å². The Morgan fingerprint density at radius 2 is 1.64 bits per heavy atom. The van der Waals surface area contributed by atoms with Crippen LogP contribution in [0.1, 0.15) is 32.6 Å². The van der Waals surface area contributed by atoms with Gasteiger partial charge in [0, 0.05) is 12.5 Å². The fourth-order valence-corrected chi connectivity index (χ4v) is 3.10. The van der Waals surface area contributed by atoms with Crippen LogP contribution in [0, 0.1) is 6.92 Å². The van der Waals surface area contributed by atoms with Crippen molar-refractivity contribution < 1.29 is 14.3 Å². The minimum Gasteiger partial charge on any atom is -0.457 e. The van der Waals surface area contributed by atoms with Crippen molar-refractivity contribution in [2.45, 2.75) is 13.8 Å². The molecular weight excluding hydrogens is 336 g/mol. The third-order valence-electron chi connectivity index (χ3n) is 3.43. The Labute approximate surface area is 149 Å². The van der Waals surface area contributed by atoms with E-state index in [1.807, 2.05) is 30.3 Å². The number of thiazole rings is 1. The summed E-state index contributed by atoms with van der Waals surface area (Å²) >= 11 is 1.18. The molecule has 0 aliphatic carbocycles. The van der Waals surface area contributed by atoms with Gasteiger partial charge in [-0.3, -0.25) is 14.9 Å². The Morgan fingerprint density at radius 1 is 1.00 bits per heavy atom. The molecule has 3 rings (SSSR count). The Bertz CT molecular complexity index is 902. The van der Waals surface area contributed by atoms with E-state index in [1.165, 1.54) is 18.3 Å². The van der Waals surface area contributed by atoms with Crippen LogP contribution in [0.4, 0.5) is 5.13 Å². The zero-order valence-corrected chi connectivity index (χ0v) is 14.6. The Balaban J connectivity index is 1.68. The number of hydrogen-bond donors (Lipinski definition) is 1. The minimum absolute atomic E-state index is 0.0575. The second-order valence-corrected chi connectivity index (χ2v) is 6.38. The van der Waals surface area contributed by atoms with E-state index in [9.17, 15) is 9.59 Å². The van der Waals surface area contributed by atoms with Crippen molar-refractivity contribution in [3.05, 3.63) is 70.7 Å². The highest BCUT2D eigenvalue weighted by atomic mass is 32.1. The van der Waals surface area contributed by atoms with E-state index in [-0.39, 0.29) is 11.7 Å². The first-order chi connectivity index (χ1) is 12.0. The second kappa shape index (κ2) is 7.27. The summed E-state index contributed by atoms with van der Waals surface area (Å²) in [6, 6.07) is 16.2. The maximum Gasteiger partial charge on any atom is 0.257 e. The van der Waals surface area contributed by atoms with Crippen molar-refractivity contribution in [3.8, 4) is 11.5 Å². The number of amides is 1. The smallest absolute Gasteiger partial charge is 0.257 e.